The summed E-state index contributed by atoms with van der Waals surface area (Å²) in [6, 6.07) is 5.18. The van der Waals surface area contributed by atoms with Crippen molar-refractivity contribution in [2.24, 2.45) is 10.9 Å². The van der Waals surface area contributed by atoms with Crippen LogP contribution in [0.4, 0.5) is 5.69 Å². The fraction of sp³-hybridized carbons (Fsp3) is 0.333. The molecule has 0 bridgehead atoms. The first kappa shape index (κ1) is 18.4. The highest BCUT2D eigenvalue weighted by molar-refractivity contribution is 6.21. The molecule has 1 fully saturated rings. The molecular weight excluding hydrogens is 354 g/mol. The van der Waals surface area contributed by atoms with Crippen molar-refractivity contribution in [1.29, 1.82) is 0 Å². The highest BCUT2D eigenvalue weighted by Crippen LogP contribution is 2.33. The van der Waals surface area contributed by atoms with Gasteiger partial charge in [0.25, 0.3) is 5.79 Å². The standard InChI is InChI=1S/C18H19N3O6/c1-18(2)26-16(22)14(17(23)27-18)15(19-3)21-10-5-6-11(12(7-10)24-4)13-8-20-9-25-13/h5-9,14H,1-4H3,(H,19,21). The van der Waals surface area contributed by atoms with Crippen molar-refractivity contribution in [2.75, 3.05) is 19.5 Å². The summed E-state index contributed by atoms with van der Waals surface area (Å²) in [5, 5.41) is 2.96. The van der Waals surface area contributed by atoms with Crippen LogP contribution in [0, 0.1) is 5.92 Å². The van der Waals surface area contributed by atoms with Gasteiger partial charge in [0.2, 0.25) is 5.92 Å². The fourth-order valence-corrected chi connectivity index (χ4v) is 2.67. The maximum atomic E-state index is 12.3. The Balaban J connectivity index is 1.85. The summed E-state index contributed by atoms with van der Waals surface area (Å²) in [6.45, 7) is 2.98. The number of carbonyl (C=O) groups is 2. The van der Waals surface area contributed by atoms with Gasteiger partial charge >= 0.3 is 11.9 Å². The number of amidine groups is 1. The quantitative estimate of drug-likeness (QED) is 0.376. The van der Waals surface area contributed by atoms with E-state index in [1.807, 2.05) is 0 Å². The highest BCUT2D eigenvalue weighted by Gasteiger charge is 2.46. The molecular formula is C18H19N3O6. The second-order valence-corrected chi connectivity index (χ2v) is 6.19. The summed E-state index contributed by atoms with van der Waals surface area (Å²) < 4.78 is 21.0. The van der Waals surface area contributed by atoms with E-state index < -0.39 is 23.6 Å². The van der Waals surface area contributed by atoms with Crippen molar-refractivity contribution in [3.05, 3.63) is 30.8 Å². The minimum Gasteiger partial charge on any atom is -0.496 e. The molecule has 0 aliphatic carbocycles. The second kappa shape index (κ2) is 7.10. The van der Waals surface area contributed by atoms with Crippen LogP contribution in [0.25, 0.3) is 11.3 Å². The van der Waals surface area contributed by atoms with Gasteiger partial charge in [-0.1, -0.05) is 0 Å². The molecule has 1 aromatic carbocycles. The third-order valence-corrected chi connectivity index (χ3v) is 3.85. The van der Waals surface area contributed by atoms with E-state index in [-0.39, 0.29) is 5.84 Å². The number of ether oxygens (including phenoxy) is 3. The number of nitrogens with zero attached hydrogens (tertiary/aromatic N) is 2. The van der Waals surface area contributed by atoms with Gasteiger partial charge in [-0.3, -0.25) is 14.6 Å². The van der Waals surface area contributed by atoms with Crippen LogP contribution in [-0.4, -0.2) is 42.7 Å². The molecule has 1 aromatic heterocycles. The number of nitrogens with one attached hydrogen (secondary N) is 1. The average molecular weight is 373 g/mol. The van der Waals surface area contributed by atoms with Crippen molar-refractivity contribution < 1.29 is 28.2 Å². The van der Waals surface area contributed by atoms with Gasteiger partial charge in [-0.05, 0) is 12.1 Å². The number of carbonyl (C=O) groups excluding carboxylic acids is 2. The first-order valence-electron chi connectivity index (χ1n) is 8.11. The topological polar surface area (TPSA) is 112 Å². The van der Waals surface area contributed by atoms with Gasteiger partial charge in [0, 0.05) is 32.6 Å². The molecule has 1 saturated heterocycles. The van der Waals surface area contributed by atoms with E-state index in [2.05, 4.69) is 15.3 Å². The molecule has 0 saturated carbocycles. The van der Waals surface area contributed by atoms with Gasteiger partial charge in [0.15, 0.2) is 12.2 Å². The van der Waals surface area contributed by atoms with E-state index in [0.717, 1.165) is 0 Å². The number of esters is 2. The van der Waals surface area contributed by atoms with Crippen LogP contribution in [-0.2, 0) is 19.1 Å². The van der Waals surface area contributed by atoms with Crippen molar-refractivity contribution in [3.8, 4) is 17.1 Å². The lowest BCUT2D eigenvalue weighted by Crippen LogP contribution is -2.50. The van der Waals surface area contributed by atoms with E-state index >= 15 is 0 Å². The lowest BCUT2D eigenvalue weighted by Gasteiger charge is -2.33. The van der Waals surface area contributed by atoms with Crippen LogP contribution in [0.1, 0.15) is 13.8 Å². The van der Waals surface area contributed by atoms with E-state index in [0.29, 0.717) is 22.8 Å². The van der Waals surface area contributed by atoms with Gasteiger partial charge < -0.3 is 23.9 Å². The summed E-state index contributed by atoms with van der Waals surface area (Å²) in [5.41, 5.74) is 1.26. The largest absolute Gasteiger partial charge is 0.496 e. The molecule has 0 amide bonds. The van der Waals surface area contributed by atoms with E-state index in [1.54, 1.807) is 24.4 Å². The summed E-state index contributed by atoms with van der Waals surface area (Å²) in [6.07, 6.45) is 2.89. The van der Waals surface area contributed by atoms with Crippen LogP contribution < -0.4 is 10.1 Å². The predicted octanol–water partition coefficient (Wildman–Crippen LogP) is 2.24. The van der Waals surface area contributed by atoms with Crippen LogP contribution in [0.15, 0.2) is 40.2 Å². The maximum Gasteiger partial charge on any atom is 0.331 e. The number of aromatic nitrogens is 1. The summed E-state index contributed by atoms with van der Waals surface area (Å²) >= 11 is 0. The number of rotatable bonds is 4. The van der Waals surface area contributed by atoms with Crippen LogP contribution in [0.3, 0.4) is 0 Å². The zero-order valence-electron chi connectivity index (χ0n) is 15.3. The Hall–Kier alpha value is -3.36. The fourth-order valence-electron chi connectivity index (χ4n) is 2.67. The lowest BCUT2D eigenvalue weighted by molar-refractivity contribution is -0.235. The number of methoxy groups -OCH3 is 1. The minimum absolute atomic E-state index is 0.106. The van der Waals surface area contributed by atoms with Gasteiger partial charge in [-0.2, -0.15) is 0 Å². The van der Waals surface area contributed by atoms with Crippen molar-refractivity contribution in [1.82, 2.24) is 4.98 Å². The lowest BCUT2D eigenvalue weighted by atomic mass is 10.1. The molecule has 1 aliphatic heterocycles. The monoisotopic (exact) mass is 373 g/mol. The molecule has 142 valence electrons. The molecule has 3 rings (SSSR count). The third-order valence-electron chi connectivity index (χ3n) is 3.85. The van der Waals surface area contributed by atoms with Gasteiger partial charge in [0.1, 0.15) is 11.6 Å². The number of aliphatic imine (C=N–C) groups is 1. The van der Waals surface area contributed by atoms with Gasteiger partial charge in [-0.25, -0.2) is 4.98 Å². The highest BCUT2D eigenvalue weighted by atomic mass is 16.7. The molecule has 1 N–H and O–H groups in total. The molecule has 0 unspecified atom stereocenters. The summed E-state index contributed by atoms with van der Waals surface area (Å²) in [7, 11) is 2.98. The Bertz CT molecular complexity index is 869. The number of anilines is 1. The zero-order chi connectivity index (χ0) is 19.6. The second-order valence-electron chi connectivity index (χ2n) is 6.19. The van der Waals surface area contributed by atoms with E-state index in [4.69, 9.17) is 18.6 Å². The van der Waals surface area contributed by atoms with Crippen molar-refractivity contribution in [2.45, 2.75) is 19.6 Å². The Labute approximate surface area is 155 Å². The maximum absolute atomic E-state index is 12.3. The SMILES string of the molecule is CN=C(Nc1ccc(-c2cnco2)c(OC)c1)C1C(=O)OC(C)(C)OC1=O. The van der Waals surface area contributed by atoms with E-state index in [1.165, 1.54) is 34.4 Å². The molecule has 0 atom stereocenters. The van der Waals surface area contributed by atoms with E-state index in [9.17, 15) is 9.59 Å². The first-order valence-corrected chi connectivity index (χ1v) is 8.11. The smallest absolute Gasteiger partial charge is 0.331 e. The molecule has 2 heterocycles. The van der Waals surface area contributed by atoms with Crippen LogP contribution in [0.2, 0.25) is 0 Å². The van der Waals surface area contributed by atoms with Crippen molar-refractivity contribution >= 4 is 23.5 Å². The minimum atomic E-state index is -1.30. The molecule has 0 radical (unpaired) electrons. The Morgan fingerprint density at radius 2 is 1.96 bits per heavy atom. The van der Waals surface area contributed by atoms with Crippen molar-refractivity contribution in [3.63, 3.8) is 0 Å². The average Bonchev–Trinajstić information content (AvgIpc) is 3.13. The number of hydrogen-bond acceptors (Lipinski definition) is 8. The van der Waals surface area contributed by atoms with Crippen LogP contribution in [0.5, 0.6) is 5.75 Å². The molecule has 0 spiro atoms. The normalized spacial score (nSPS) is 17.3. The molecule has 27 heavy (non-hydrogen) atoms. The Morgan fingerprint density at radius 1 is 1.26 bits per heavy atom. The molecule has 9 heteroatoms. The number of hydrogen-bond donors (Lipinski definition) is 1. The molecule has 2 aromatic rings. The summed E-state index contributed by atoms with van der Waals surface area (Å²) in [5.74, 6) is -2.88. The number of oxazole rings is 1. The molecule has 9 nitrogen and oxygen atoms in total. The molecule has 1 aliphatic rings. The number of cyclic esters (lactones) is 2. The predicted molar refractivity (Wildman–Crippen MR) is 95.2 cm³/mol. The Morgan fingerprint density at radius 3 is 2.52 bits per heavy atom. The van der Waals surface area contributed by atoms with Crippen LogP contribution >= 0.6 is 0 Å². The number of benzene rings is 1. The zero-order valence-corrected chi connectivity index (χ0v) is 15.3. The first-order chi connectivity index (χ1) is 12.8. The Kier molecular flexibility index (Phi) is 4.85. The van der Waals surface area contributed by atoms with Gasteiger partial charge in [0.05, 0.1) is 18.9 Å². The third kappa shape index (κ3) is 3.76. The van der Waals surface area contributed by atoms with Gasteiger partial charge in [-0.15, -0.1) is 0 Å². The summed E-state index contributed by atoms with van der Waals surface area (Å²) in [4.78, 5) is 32.4.